The Morgan fingerprint density at radius 3 is 2.68 bits per heavy atom. The number of halogens is 4. The number of guanidine groups is 1. The fourth-order valence-corrected chi connectivity index (χ4v) is 3.01. The van der Waals surface area contributed by atoms with Gasteiger partial charge in [-0.05, 0) is 51.4 Å². The van der Waals surface area contributed by atoms with Crippen LogP contribution in [-0.4, -0.2) is 63.0 Å². The van der Waals surface area contributed by atoms with Gasteiger partial charge in [-0.1, -0.05) is 0 Å². The molecule has 10 heteroatoms. The minimum Gasteiger partial charge on any atom is -0.468 e. The van der Waals surface area contributed by atoms with E-state index in [0.29, 0.717) is 32.0 Å². The van der Waals surface area contributed by atoms with E-state index in [0.717, 1.165) is 18.8 Å². The molecule has 1 aliphatic rings. The highest BCUT2D eigenvalue weighted by molar-refractivity contribution is 14.0. The summed E-state index contributed by atoms with van der Waals surface area (Å²) in [4.78, 5) is 7.02. The molecule has 1 aromatic heterocycles. The SMILES string of the molecule is CCNC(=NCC(c1ccco1)N1CCCC1)NCCCOCC(F)(F)F.I. The van der Waals surface area contributed by atoms with Gasteiger partial charge in [-0.15, -0.1) is 24.0 Å². The van der Waals surface area contributed by atoms with Gasteiger partial charge in [-0.25, -0.2) is 0 Å². The Morgan fingerprint density at radius 2 is 2.07 bits per heavy atom. The molecule has 1 saturated heterocycles. The van der Waals surface area contributed by atoms with Gasteiger partial charge in [0.25, 0.3) is 0 Å². The van der Waals surface area contributed by atoms with Crippen molar-refractivity contribution in [1.82, 2.24) is 15.5 Å². The topological polar surface area (TPSA) is 62.0 Å². The summed E-state index contributed by atoms with van der Waals surface area (Å²) < 4.78 is 46.3. The number of ether oxygens (including phenoxy) is 1. The average Bonchev–Trinajstić information content (AvgIpc) is 3.31. The first-order valence-corrected chi connectivity index (χ1v) is 9.43. The minimum absolute atomic E-state index is 0. The second-order valence-electron chi connectivity index (χ2n) is 6.44. The van der Waals surface area contributed by atoms with E-state index < -0.39 is 12.8 Å². The number of rotatable bonds is 10. The van der Waals surface area contributed by atoms with Crippen LogP contribution in [0.5, 0.6) is 0 Å². The lowest BCUT2D eigenvalue weighted by molar-refractivity contribution is -0.173. The van der Waals surface area contributed by atoms with Crippen molar-refractivity contribution in [2.75, 3.05) is 45.9 Å². The number of aliphatic imine (C=N–C) groups is 1. The first kappa shape index (κ1) is 25.0. The van der Waals surface area contributed by atoms with Crippen LogP contribution < -0.4 is 10.6 Å². The first-order valence-electron chi connectivity index (χ1n) is 9.43. The molecule has 2 heterocycles. The fourth-order valence-electron chi connectivity index (χ4n) is 3.01. The predicted octanol–water partition coefficient (Wildman–Crippen LogP) is 3.56. The summed E-state index contributed by atoms with van der Waals surface area (Å²) in [7, 11) is 0. The van der Waals surface area contributed by atoms with E-state index in [1.165, 1.54) is 12.8 Å². The van der Waals surface area contributed by atoms with Gasteiger partial charge in [0.2, 0.25) is 0 Å². The van der Waals surface area contributed by atoms with Crippen LogP contribution in [0, 0.1) is 0 Å². The highest BCUT2D eigenvalue weighted by Crippen LogP contribution is 2.25. The average molecular weight is 518 g/mol. The molecule has 0 amide bonds. The second kappa shape index (κ2) is 13.3. The Morgan fingerprint density at radius 1 is 1.32 bits per heavy atom. The van der Waals surface area contributed by atoms with Crippen molar-refractivity contribution in [3.63, 3.8) is 0 Å². The van der Waals surface area contributed by atoms with Gasteiger partial charge in [-0.2, -0.15) is 13.2 Å². The molecule has 1 aromatic rings. The van der Waals surface area contributed by atoms with Crippen LogP contribution in [0.1, 0.15) is 38.0 Å². The standard InChI is InChI=1S/C18H29F3N4O2.HI/c1-2-22-17(23-8-6-11-26-14-18(19,20)21)24-13-15(16-7-5-12-27-16)25-9-3-4-10-25;/h5,7,12,15H,2-4,6,8-11,13-14H2,1H3,(H2,22,23,24);1H. The Kier molecular flexibility index (Phi) is 11.8. The predicted molar refractivity (Wildman–Crippen MR) is 113 cm³/mol. The molecule has 2 N–H and O–H groups in total. The van der Waals surface area contributed by atoms with Gasteiger partial charge in [0.05, 0.1) is 18.8 Å². The molecule has 1 fully saturated rings. The molecule has 0 aromatic carbocycles. The van der Waals surface area contributed by atoms with Crippen LogP contribution in [0.2, 0.25) is 0 Å². The smallest absolute Gasteiger partial charge is 0.411 e. The summed E-state index contributed by atoms with van der Waals surface area (Å²) in [6.45, 7) is 4.60. The van der Waals surface area contributed by atoms with Crippen LogP contribution in [-0.2, 0) is 4.74 Å². The van der Waals surface area contributed by atoms with E-state index in [9.17, 15) is 13.2 Å². The molecule has 6 nitrogen and oxygen atoms in total. The second-order valence-corrected chi connectivity index (χ2v) is 6.44. The van der Waals surface area contributed by atoms with Crippen LogP contribution in [0.4, 0.5) is 13.2 Å². The van der Waals surface area contributed by atoms with Crippen molar-refractivity contribution >= 4 is 29.9 Å². The Hall–Kier alpha value is -1.01. The van der Waals surface area contributed by atoms with Gasteiger partial charge >= 0.3 is 6.18 Å². The molecule has 0 spiro atoms. The zero-order chi connectivity index (χ0) is 19.5. The molecule has 1 aliphatic heterocycles. The quantitative estimate of drug-likeness (QED) is 0.215. The van der Waals surface area contributed by atoms with Crippen LogP contribution in [0.15, 0.2) is 27.8 Å². The van der Waals surface area contributed by atoms with Crippen molar-refractivity contribution in [3.05, 3.63) is 24.2 Å². The third-order valence-electron chi connectivity index (χ3n) is 4.24. The van der Waals surface area contributed by atoms with E-state index in [1.54, 1.807) is 6.26 Å². The highest BCUT2D eigenvalue weighted by Gasteiger charge is 2.27. The third kappa shape index (κ3) is 9.46. The maximum Gasteiger partial charge on any atom is 0.411 e. The molecule has 2 rings (SSSR count). The number of alkyl halides is 3. The Bertz CT molecular complexity index is 550. The molecule has 0 radical (unpaired) electrons. The summed E-state index contributed by atoms with van der Waals surface area (Å²) in [6, 6.07) is 3.94. The number of likely N-dealkylation sites (tertiary alicyclic amines) is 1. The van der Waals surface area contributed by atoms with E-state index in [2.05, 4.69) is 25.3 Å². The van der Waals surface area contributed by atoms with Crippen molar-refractivity contribution in [2.24, 2.45) is 4.99 Å². The number of hydrogen-bond acceptors (Lipinski definition) is 4. The van der Waals surface area contributed by atoms with E-state index in [1.807, 2.05) is 19.1 Å². The molecule has 0 bridgehead atoms. The van der Waals surface area contributed by atoms with Crippen molar-refractivity contribution in [1.29, 1.82) is 0 Å². The van der Waals surface area contributed by atoms with Crippen LogP contribution in [0.25, 0.3) is 0 Å². The van der Waals surface area contributed by atoms with Crippen LogP contribution in [0.3, 0.4) is 0 Å². The summed E-state index contributed by atoms with van der Waals surface area (Å²) in [5, 5.41) is 6.30. The minimum atomic E-state index is -4.28. The normalized spacial score (nSPS) is 16.6. The number of nitrogens with one attached hydrogen (secondary N) is 2. The monoisotopic (exact) mass is 518 g/mol. The van der Waals surface area contributed by atoms with Gasteiger partial charge < -0.3 is 19.8 Å². The Labute approximate surface area is 181 Å². The molecule has 0 aliphatic carbocycles. The van der Waals surface area contributed by atoms with Crippen molar-refractivity contribution in [3.8, 4) is 0 Å². The van der Waals surface area contributed by atoms with Crippen molar-refractivity contribution < 1.29 is 22.3 Å². The van der Waals surface area contributed by atoms with Crippen LogP contribution >= 0.6 is 24.0 Å². The lowest BCUT2D eigenvalue weighted by Crippen LogP contribution is -2.39. The zero-order valence-corrected chi connectivity index (χ0v) is 18.5. The number of hydrogen-bond donors (Lipinski definition) is 2. The molecule has 1 atom stereocenters. The maximum atomic E-state index is 12.0. The summed E-state index contributed by atoms with van der Waals surface area (Å²) in [5.74, 6) is 1.54. The molecule has 162 valence electrons. The summed E-state index contributed by atoms with van der Waals surface area (Å²) in [6.07, 6.45) is 0.218. The first-order chi connectivity index (χ1) is 13.0. The lowest BCUT2D eigenvalue weighted by Gasteiger charge is -2.24. The van der Waals surface area contributed by atoms with E-state index in [4.69, 9.17) is 4.42 Å². The summed E-state index contributed by atoms with van der Waals surface area (Å²) in [5.41, 5.74) is 0. The zero-order valence-electron chi connectivity index (χ0n) is 16.1. The maximum absolute atomic E-state index is 12.0. The molecule has 0 saturated carbocycles. The van der Waals surface area contributed by atoms with Crippen molar-refractivity contribution in [2.45, 2.75) is 38.4 Å². The Balaban J connectivity index is 0.00000392. The van der Waals surface area contributed by atoms with Gasteiger partial charge in [0.1, 0.15) is 12.4 Å². The molecular formula is C18H30F3IN4O2. The van der Waals surface area contributed by atoms with Gasteiger partial charge in [0.15, 0.2) is 5.96 Å². The molecular weight excluding hydrogens is 488 g/mol. The fraction of sp³-hybridized carbons (Fsp3) is 0.722. The highest BCUT2D eigenvalue weighted by atomic mass is 127. The molecule has 1 unspecified atom stereocenters. The van der Waals surface area contributed by atoms with E-state index in [-0.39, 0.29) is 36.6 Å². The largest absolute Gasteiger partial charge is 0.468 e. The lowest BCUT2D eigenvalue weighted by atomic mass is 10.2. The number of nitrogens with zero attached hydrogens (tertiary/aromatic N) is 2. The van der Waals surface area contributed by atoms with Gasteiger partial charge in [-0.3, -0.25) is 9.89 Å². The molecule has 28 heavy (non-hydrogen) atoms. The third-order valence-corrected chi connectivity index (χ3v) is 4.24. The summed E-state index contributed by atoms with van der Waals surface area (Å²) >= 11 is 0. The van der Waals surface area contributed by atoms with Gasteiger partial charge in [0, 0.05) is 19.7 Å². The number of furan rings is 1. The van der Waals surface area contributed by atoms with E-state index >= 15 is 0 Å².